The van der Waals surface area contributed by atoms with Gasteiger partial charge in [0, 0.05) is 24.9 Å². The molecule has 1 rings (SSSR count). The molecule has 2 N–H and O–H groups in total. The van der Waals surface area contributed by atoms with E-state index in [1.165, 1.54) is 0 Å². The van der Waals surface area contributed by atoms with Crippen molar-refractivity contribution >= 4 is 5.91 Å². The normalized spacial score (nSPS) is 12.1. The molecule has 0 aliphatic heterocycles. The first-order valence-electron chi connectivity index (χ1n) is 6.03. The van der Waals surface area contributed by atoms with E-state index in [-0.39, 0.29) is 12.0 Å². The average molecular weight is 236 g/mol. The summed E-state index contributed by atoms with van der Waals surface area (Å²) in [4.78, 5) is 15.6. The Morgan fingerprint density at radius 2 is 2.35 bits per heavy atom. The molecule has 0 aliphatic rings. The fraction of sp³-hybridized carbons (Fsp3) is 0.538. The smallest absolute Gasteiger partial charge is 0.220 e. The Hall–Kier alpha value is -1.42. The van der Waals surface area contributed by atoms with E-state index in [4.69, 9.17) is 5.11 Å². The summed E-state index contributed by atoms with van der Waals surface area (Å²) in [5, 5.41) is 11.9. The molecule has 0 bridgehead atoms. The highest BCUT2D eigenvalue weighted by Crippen LogP contribution is 1.98. The maximum absolute atomic E-state index is 11.5. The minimum absolute atomic E-state index is 0.0428. The monoisotopic (exact) mass is 236 g/mol. The zero-order valence-electron chi connectivity index (χ0n) is 10.2. The number of hydrogen-bond donors (Lipinski definition) is 2. The molecule has 4 heteroatoms. The Morgan fingerprint density at radius 1 is 1.53 bits per heavy atom. The number of pyridine rings is 1. The number of aromatic nitrogens is 1. The molecule has 1 unspecified atom stereocenters. The van der Waals surface area contributed by atoms with Crippen molar-refractivity contribution in [2.75, 3.05) is 6.54 Å². The van der Waals surface area contributed by atoms with Gasteiger partial charge >= 0.3 is 0 Å². The SMILES string of the molecule is CC(O)CCCNC(=O)CCc1ccccn1. The zero-order chi connectivity index (χ0) is 12.5. The highest BCUT2D eigenvalue weighted by atomic mass is 16.3. The molecule has 0 aromatic carbocycles. The van der Waals surface area contributed by atoms with Crippen LogP contribution in [0.2, 0.25) is 0 Å². The second kappa shape index (κ2) is 7.79. The first kappa shape index (κ1) is 13.6. The van der Waals surface area contributed by atoms with Crippen molar-refractivity contribution in [3.05, 3.63) is 30.1 Å². The number of nitrogens with zero attached hydrogens (tertiary/aromatic N) is 1. The van der Waals surface area contributed by atoms with Gasteiger partial charge in [0.05, 0.1) is 6.10 Å². The number of nitrogens with one attached hydrogen (secondary N) is 1. The van der Waals surface area contributed by atoms with Crippen molar-refractivity contribution in [2.45, 2.75) is 38.7 Å². The maximum Gasteiger partial charge on any atom is 0.220 e. The van der Waals surface area contributed by atoms with Gasteiger partial charge in [0.2, 0.25) is 5.91 Å². The molecule has 4 nitrogen and oxygen atoms in total. The molecule has 1 aromatic rings. The largest absolute Gasteiger partial charge is 0.393 e. The molecule has 0 saturated carbocycles. The molecule has 1 aromatic heterocycles. The fourth-order valence-electron chi connectivity index (χ4n) is 1.50. The zero-order valence-corrected chi connectivity index (χ0v) is 10.2. The van der Waals surface area contributed by atoms with Crippen molar-refractivity contribution in [3.63, 3.8) is 0 Å². The standard InChI is InChI=1S/C13H20N2O2/c1-11(16)5-4-10-15-13(17)8-7-12-6-2-3-9-14-12/h2-3,6,9,11,16H,4-5,7-8,10H2,1H3,(H,15,17). The van der Waals surface area contributed by atoms with Gasteiger partial charge in [0.1, 0.15) is 0 Å². The first-order chi connectivity index (χ1) is 8.18. The summed E-state index contributed by atoms with van der Waals surface area (Å²) >= 11 is 0. The van der Waals surface area contributed by atoms with Crippen molar-refractivity contribution in [1.29, 1.82) is 0 Å². The summed E-state index contributed by atoms with van der Waals surface area (Å²) in [6.45, 7) is 2.38. The third-order valence-electron chi connectivity index (χ3n) is 2.46. The molecule has 1 amide bonds. The Balaban J connectivity index is 2.09. The van der Waals surface area contributed by atoms with Crippen molar-refractivity contribution < 1.29 is 9.90 Å². The van der Waals surface area contributed by atoms with Crippen LogP contribution in [-0.4, -0.2) is 28.6 Å². The lowest BCUT2D eigenvalue weighted by atomic mass is 10.2. The summed E-state index contributed by atoms with van der Waals surface area (Å²) in [5.41, 5.74) is 0.937. The van der Waals surface area contributed by atoms with Crippen LogP contribution in [0.25, 0.3) is 0 Å². The Bertz CT molecular complexity index is 325. The van der Waals surface area contributed by atoms with E-state index in [1.807, 2.05) is 18.2 Å². The van der Waals surface area contributed by atoms with Crippen molar-refractivity contribution in [2.24, 2.45) is 0 Å². The molecule has 1 atom stereocenters. The molecule has 94 valence electrons. The number of carbonyl (C=O) groups excluding carboxylic acids is 1. The van der Waals surface area contributed by atoms with Crippen LogP contribution in [0.3, 0.4) is 0 Å². The lowest BCUT2D eigenvalue weighted by Crippen LogP contribution is -2.25. The van der Waals surface area contributed by atoms with Crippen molar-refractivity contribution in [3.8, 4) is 0 Å². The Morgan fingerprint density at radius 3 is 3.00 bits per heavy atom. The van der Waals surface area contributed by atoms with E-state index in [1.54, 1.807) is 13.1 Å². The van der Waals surface area contributed by atoms with Crippen LogP contribution < -0.4 is 5.32 Å². The molecular weight excluding hydrogens is 216 g/mol. The summed E-state index contributed by atoms with van der Waals surface area (Å²) in [6, 6.07) is 5.70. The van der Waals surface area contributed by atoms with Gasteiger partial charge in [-0.05, 0) is 38.3 Å². The third-order valence-corrected chi connectivity index (χ3v) is 2.46. The topological polar surface area (TPSA) is 62.2 Å². The first-order valence-corrected chi connectivity index (χ1v) is 6.03. The molecule has 0 radical (unpaired) electrons. The van der Waals surface area contributed by atoms with E-state index in [9.17, 15) is 4.79 Å². The molecular formula is C13H20N2O2. The second-order valence-corrected chi connectivity index (χ2v) is 4.16. The number of amides is 1. The van der Waals surface area contributed by atoms with Gasteiger partial charge in [-0.15, -0.1) is 0 Å². The number of aliphatic hydroxyl groups excluding tert-OH is 1. The minimum atomic E-state index is -0.291. The highest BCUT2D eigenvalue weighted by molar-refractivity contribution is 5.76. The van der Waals surface area contributed by atoms with Gasteiger partial charge in [-0.1, -0.05) is 6.07 Å². The summed E-state index contributed by atoms with van der Waals surface area (Å²) in [6.07, 6.45) is 4.11. The molecule has 0 spiro atoms. The number of rotatable bonds is 7. The van der Waals surface area contributed by atoms with Gasteiger partial charge in [-0.2, -0.15) is 0 Å². The van der Waals surface area contributed by atoms with Crippen LogP contribution in [0.1, 0.15) is 31.9 Å². The van der Waals surface area contributed by atoms with Crippen LogP contribution in [-0.2, 0) is 11.2 Å². The van der Waals surface area contributed by atoms with E-state index in [0.29, 0.717) is 19.4 Å². The lowest BCUT2D eigenvalue weighted by Gasteiger charge is -2.06. The second-order valence-electron chi connectivity index (χ2n) is 4.16. The number of aryl methyl sites for hydroxylation is 1. The van der Waals surface area contributed by atoms with Crippen LogP contribution in [0.15, 0.2) is 24.4 Å². The summed E-state index contributed by atoms with van der Waals surface area (Å²) in [7, 11) is 0. The lowest BCUT2D eigenvalue weighted by molar-refractivity contribution is -0.121. The Labute approximate surface area is 102 Å². The van der Waals surface area contributed by atoms with Gasteiger partial charge < -0.3 is 10.4 Å². The molecule has 0 fully saturated rings. The van der Waals surface area contributed by atoms with E-state index in [2.05, 4.69) is 10.3 Å². The van der Waals surface area contributed by atoms with Gasteiger partial charge in [0.15, 0.2) is 0 Å². The summed E-state index contributed by atoms with van der Waals surface area (Å²) < 4.78 is 0. The fourth-order valence-corrected chi connectivity index (χ4v) is 1.50. The van der Waals surface area contributed by atoms with Crippen LogP contribution in [0, 0.1) is 0 Å². The van der Waals surface area contributed by atoms with Gasteiger partial charge in [-0.25, -0.2) is 0 Å². The predicted octanol–water partition coefficient (Wildman–Crippen LogP) is 1.29. The molecule has 17 heavy (non-hydrogen) atoms. The van der Waals surface area contributed by atoms with Crippen LogP contribution in [0.5, 0.6) is 0 Å². The van der Waals surface area contributed by atoms with E-state index in [0.717, 1.165) is 18.5 Å². The van der Waals surface area contributed by atoms with E-state index < -0.39 is 0 Å². The number of carbonyl (C=O) groups is 1. The molecule has 0 saturated heterocycles. The van der Waals surface area contributed by atoms with Gasteiger partial charge in [0.25, 0.3) is 0 Å². The molecule has 1 heterocycles. The quantitative estimate of drug-likeness (QED) is 0.701. The molecule has 0 aliphatic carbocycles. The Kier molecular flexibility index (Phi) is 6.25. The number of hydrogen-bond acceptors (Lipinski definition) is 3. The van der Waals surface area contributed by atoms with Gasteiger partial charge in [-0.3, -0.25) is 9.78 Å². The third kappa shape index (κ3) is 6.68. The summed E-state index contributed by atoms with van der Waals surface area (Å²) in [5.74, 6) is 0.0428. The van der Waals surface area contributed by atoms with Crippen molar-refractivity contribution in [1.82, 2.24) is 10.3 Å². The van der Waals surface area contributed by atoms with Crippen LogP contribution >= 0.6 is 0 Å². The minimum Gasteiger partial charge on any atom is -0.393 e. The highest BCUT2D eigenvalue weighted by Gasteiger charge is 2.02. The average Bonchev–Trinajstić information content (AvgIpc) is 2.33. The van der Waals surface area contributed by atoms with Crippen LogP contribution in [0.4, 0.5) is 0 Å². The van der Waals surface area contributed by atoms with E-state index >= 15 is 0 Å². The number of aliphatic hydroxyl groups is 1. The predicted molar refractivity (Wildman–Crippen MR) is 66.5 cm³/mol. The maximum atomic E-state index is 11.5.